The number of ether oxygens (including phenoxy) is 1. The number of benzene rings is 1. The van der Waals surface area contributed by atoms with Crippen LogP contribution in [-0.2, 0) is 0 Å². The second-order valence-corrected chi connectivity index (χ2v) is 3.73. The quantitative estimate of drug-likeness (QED) is 0.861. The van der Waals surface area contributed by atoms with Crippen LogP contribution in [0.4, 0.5) is 4.39 Å². The molecule has 0 radical (unpaired) electrons. The minimum atomic E-state index is -0.659. The number of hydrogen-bond acceptors (Lipinski definition) is 2. The van der Waals surface area contributed by atoms with Gasteiger partial charge in [-0.2, -0.15) is 0 Å². The van der Waals surface area contributed by atoms with Crippen LogP contribution in [0.5, 0.6) is 5.75 Å². The maximum atomic E-state index is 13.2. The zero-order valence-electron chi connectivity index (χ0n) is 7.21. The van der Waals surface area contributed by atoms with E-state index in [1.807, 2.05) is 0 Å². The van der Waals surface area contributed by atoms with Crippen LogP contribution < -0.4 is 4.74 Å². The Kier molecular flexibility index (Phi) is 4.65. The molecule has 1 aromatic rings. The highest BCUT2D eigenvalue weighted by atomic mass is 79.9. The molecule has 1 rings (SSSR count). The second-order valence-electron chi connectivity index (χ2n) is 2.67. The summed E-state index contributed by atoms with van der Waals surface area (Å²) >= 11 is 8.61. The third-order valence-corrected chi connectivity index (χ3v) is 2.56. The van der Waals surface area contributed by atoms with Gasteiger partial charge in [-0.25, -0.2) is 4.39 Å². The summed E-state index contributed by atoms with van der Waals surface area (Å²) in [7, 11) is 0. The first-order valence-electron chi connectivity index (χ1n) is 3.96. The molecular formula is C9H9BrClFO2. The molecule has 5 heteroatoms. The highest BCUT2D eigenvalue weighted by Crippen LogP contribution is 2.24. The maximum Gasteiger partial charge on any atom is 0.183 e. The van der Waals surface area contributed by atoms with E-state index in [1.54, 1.807) is 6.07 Å². The molecule has 0 heterocycles. The van der Waals surface area contributed by atoms with Crippen molar-refractivity contribution in [3.8, 4) is 5.75 Å². The van der Waals surface area contributed by atoms with Crippen molar-refractivity contribution < 1.29 is 14.2 Å². The Labute approximate surface area is 94.8 Å². The molecule has 0 amide bonds. The van der Waals surface area contributed by atoms with Gasteiger partial charge in [-0.05, 0) is 12.1 Å². The van der Waals surface area contributed by atoms with Gasteiger partial charge in [-0.1, -0.05) is 33.6 Å². The molecule has 78 valence electrons. The SMILES string of the molecule is OC(CBr)COc1cccc(Cl)c1F. The molecular weight excluding hydrogens is 274 g/mol. The van der Waals surface area contributed by atoms with E-state index in [9.17, 15) is 4.39 Å². The summed E-state index contributed by atoms with van der Waals surface area (Å²) in [4.78, 5) is 0. The largest absolute Gasteiger partial charge is 0.488 e. The van der Waals surface area contributed by atoms with Crippen LogP contribution in [-0.4, -0.2) is 23.1 Å². The van der Waals surface area contributed by atoms with Crippen molar-refractivity contribution in [2.75, 3.05) is 11.9 Å². The topological polar surface area (TPSA) is 29.5 Å². The fourth-order valence-corrected chi connectivity index (χ4v) is 1.18. The average molecular weight is 284 g/mol. The van der Waals surface area contributed by atoms with Gasteiger partial charge in [0.25, 0.3) is 0 Å². The van der Waals surface area contributed by atoms with Crippen LogP contribution in [0, 0.1) is 5.82 Å². The van der Waals surface area contributed by atoms with Gasteiger partial charge in [0.15, 0.2) is 11.6 Å². The molecule has 0 aliphatic rings. The van der Waals surface area contributed by atoms with E-state index in [-0.39, 0.29) is 17.4 Å². The van der Waals surface area contributed by atoms with Crippen LogP contribution in [0.25, 0.3) is 0 Å². The minimum absolute atomic E-state index is 0.0100. The zero-order chi connectivity index (χ0) is 10.6. The van der Waals surface area contributed by atoms with Gasteiger partial charge in [0.05, 0.1) is 11.1 Å². The van der Waals surface area contributed by atoms with Crippen LogP contribution >= 0.6 is 27.5 Å². The lowest BCUT2D eigenvalue weighted by atomic mass is 10.3. The van der Waals surface area contributed by atoms with E-state index in [0.717, 1.165) is 0 Å². The van der Waals surface area contributed by atoms with Crippen LogP contribution in [0.2, 0.25) is 5.02 Å². The molecule has 0 spiro atoms. The van der Waals surface area contributed by atoms with Gasteiger partial charge in [-0.15, -0.1) is 0 Å². The molecule has 0 saturated carbocycles. The number of hydrogen-bond donors (Lipinski definition) is 1. The lowest BCUT2D eigenvalue weighted by molar-refractivity contribution is 0.124. The van der Waals surface area contributed by atoms with Gasteiger partial charge in [-0.3, -0.25) is 0 Å². The predicted molar refractivity (Wildman–Crippen MR) is 56.7 cm³/mol. The maximum absolute atomic E-state index is 13.2. The first-order valence-corrected chi connectivity index (χ1v) is 5.46. The van der Waals surface area contributed by atoms with E-state index in [1.165, 1.54) is 12.1 Å². The monoisotopic (exact) mass is 282 g/mol. The fraction of sp³-hybridized carbons (Fsp3) is 0.333. The first kappa shape index (κ1) is 11.8. The standard InChI is InChI=1S/C9H9BrClFO2/c10-4-6(13)5-14-8-3-1-2-7(11)9(8)12/h1-3,6,13H,4-5H2. The molecule has 1 unspecified atom stereocenters. The predicted octanol–water partition coefficient (Wildman–Crippen LogP) is 2.61. The number of alkyl halides is 1. The molecule has 0 aliphatic carbocycles. The van der Waals surface area contributed by atoms with Crippen LogP contribution in [0.1, 0.15) is 0 Å². The Balaban J connectivity index is 2.63. The third kappa shape index (κ3) is 3.12. The van der Waals surface area contributed by atoms with Crippen molar-refractivity contribution in [1.29, 1.82) is 0 Å². The normalized spacial score (nSPS) is 12.6. The molecule has 0 saturated heterocycles. The summed E-state index contributed by atoms with van der Waals surface area (Å²) in [6, 6.07) is 4.48. The van der Waals surface area contributed by atoms with Crippen molar-refractivity contribution in [2.45, 2.75) is 6.10 Å². The number of halogens is 3. The molecule has 1 atom stereocenters. The first-order chi connectivity index (χ1) is 6.65. The third-order valence-electron chi connectivity index (χ3n) is 1.53. The molecule has 0 bridgehead atoms. The van der Waals surface area contributed by atoms with Crippen molar-refractivity contribution in [3.63, 3.8) is 0 Å². The van der Waals surface area contributed by atoms with Gasteiger partial charge < -0.3 is 9.84 Å². The second kappa shape index (κ2) is 5.53. The Hall–Kier alpha value is -0.320. The lowest BCUT2D eigenvalue weighted by Gasteiger charge is -2.10. The van der Waals surface area contributed by atoms with Gasteiger partial charge in [0.2, 0.25) is 0 Å². The van der Waals surface area contributed by atoms with Crippen molar-refractivity contribution in [1.82, 2.24) is 0 Å². The molecule has 2 nitrogen and oxygen atoms in total. The van der Waals surface area contributed by atoms with E-state index in [0.29, 0.717) is 5.33 Å². The van der Waals surface area contributed by atoms with E-state index in [2.05, 4.69) is 15.9 Å². The van der Waals surface area contributed by atoms with E-state index in [4.69, 9.17) is 21.4 Å². The van der Waals surface area contributed by atoms with Crippen LogP contribution in [0.3, 0.4) is 0 Å². The van der Waals surface area contributed by atoms with Crippen molar-refractivity contribution in [2.24, 2.45) is 0 Å². The Morgan fingerprint density at radius 1 is 1.57 bits per heavy atom. The number of aliphatic hydroxyl groups excluding tert-OH is 1. The summed E-state index contributed by atoms with van der Waals surface area (Å²) in [5.74, 6) is -0.548. The van der Waals surface area contributed by atoms with Gasteiger partial charge in [0, 0.05) is 5.33 Å². The summed E-state index contributed by atoms with van der Waals surface area (Å²) in [5, 5.41) is 9.55. The Morgan fingerprint density at radius 3 is 2.93 bits per heavy atom. The van der Waals surface area contributed by atoms with Gasteiger partial charge in [0.1, 0.15) is 6.61 Å². The molecule has 14 heavy (non-hydrogen) atoms. The smallest absolute Gasteiger partial charge is 0.183 e. The molecule has 0 fully saturated rings. The lowest BCUT2D eigenvalue weighted by Crippen LogP contribution is -2.19. The van der Waals surface area contributed by atoms with Crippen LogP contribution in [0.15, 0.2) is 18.2 Å². The van der Waals surface area contributed by atoms with E-state index >= 15 is 0 Å². The van der Waals surface area contributed by atoms with Crippen molar-refractivity contribution >= 4 is 27.5 Å². The summed E-state index contributed by atoms with van der Waals surface area (Å²) in [6.07, 6.45) is -0.659. The number of rotatable bonds is 4. The molecule has 1 aromatic carbocycles. The highest BCUT2D eigenvalue weighted by molar-refractivity contribution is 9.09. The Bertz CT molecular complexity index is 309. The average Bonchev–Trinajstić information content (AvgIpc) is 2.20. The zero-order valence-corrected chi connectivity index (χ0v) is 9.55. The molecule has 0 aromatic heterocycles. The summed E-state index contributed by atoms with van der Waals surface area (Å²) in [6.45, 7) is 0.0303. The summed E-state index contributed by atoms with van der Waals surface area (Å²) < 4.78 is 18.2. The number of aliphatic hydroxyl groups is 1. The summed E-state index contributed by atoms with van der Waals surface area (Å²) in [5.41, 5.74) is 0. The highest BCUT2D eigenvalue weighted by Gasteiger charge is 2.09. The van der Waals surface area contributed by atoms with Gasteiger partial charge >= 0.3 is 0 Å². The van der Waals surface area contributed by atoms with E-state index < -0.39 is 11.9 Å². The fourth-order valence-electron chi connectivity index (χ4n) is 0.826. The minimum Gasteiger partial charge on any atom is -0.488 e. The molecule has 1 N–H and O–H groups in total. The Morgan fingerprint density at radius 2 is 2.29 bits per heavy atom. The molecule has 0 aliphatic heterocycles. The van der Waals surface area contributed by atoms with Crippen molar-refractivity contribution in [3.05, 3.63) is 29.0 Å².